The zero-order chi connectivity index (χ0) is 9.90. The molecular weight excluding hydrogens is 192 g/mol. The molecule has 0 aliphatic carbocycles. The fraction of sp³-hybridized carbons (Fsp3) is 1.00. The number of hydrogen-bond donors (Lipinski definition) is 2. The fourth-order valence-electron chi connectivity index (χ4n) is 1.37. The standard InChI is InChI=1S/C7H16N2O3S/c1-8-13(11,12)5-4-9-3-2-7(10)6-9/h7-8,10H,2-6H2,1H3. The van der Waals surface area contributed by atoms with E-state index in [4.69, 9.17) is 0 Å². The molecular formula is C7H16N2O3S. The second-order valence-corrected chi connectivity index (χ2v) is 5.31. The van der Waals surface area contributed by atoms with E-state index in [9.17, 15) is 13.5 Å². The number of sulfonamides is 1. The van der Waals surface area contributed by atoms with Gasteiger partial charge in [0.25, 0.3) is 0 Å². The van der Waals surface area contributed by atoms with Gasteiger partial charge in [0.1, 0.15) is 0 Å². The van der Waals surface area contributed by atoms with E-state index >= 15 is 0 Å². The molecule has 13 heavy (non-hydrogen) atoms. The third-order valence-corrected chi connectivity index (χ3v) is 3.58. The molecule has 1 atom stereocenters. The molecule has 1 aliphatic rings. The van der Waals surface area contributed by atoms with Crippen LogP contribution < -0.4 is 4.72 Å². The first kappa shape index (κ1) is 10.9. The van der Waals surface area contributed by atoms with Crippen LogP contribution in [-0.2, 0) is 10.0 Å². The van der Waals surface area contributed by atoms with E-state index < -0.39 is 10.0 Å². The number of aliphatic hydroxyl groups is 1. The summed E-state index contributed by atoms with van der Waals surface area (Å²) >= 11 is 0. The summed E-state index contributed by atoms with van der Waals surface area (Å²) in [6.45, 7) is 1.89. The van der Waals surface area contributed by atoms with Gasteiger partial charge in [-0.1, -0.05) is 0 Å². The number of nitrogens with zero attached hydrogens (tertiary/aromatic N) is 1. The monoisotopic (exact) mass is 208 g/mol. The summed E-state index contributed by atoms with van der Waals surface area (Å²) in [4.78, 5) is 1.96. The van der Waals surface area contributed by atoms with Crippen LogP contribution in [0.4, 0.5) is 0 Å². The highest BCUT2D eigenvalue weighted by Crippen LogP contribution is 2.07. The van der Waals surface area contributed by atoms with E-state index in [1.807, 2.05) is 4.90 Å². The summed E-state index contributed by atoms with van der Waals surface area (Å²) in [5, 5.41) is 9.18. The van der Waals surface area contributed by atoms with Crippen LogP contribution in [0.1, 0.15) is 6.42 Å². The zero-order valence-electron chi connectivity index (χ0n) is 7.73. The van der Waals surface area contributed by atoms with Gasteiger partial charge in [-0.15, -0.1) is 0 Å². The number of rotatable bonds is 4. The van der Waals surface area contributed by atoms with E-state index in [0.717, 1.165) is 13.0 Å². The van der Waals surface area contributed by atoms with Gasteiger partial charge < -0.3 is 5.11 Å². The Morgan fingerprint density at radius 2 is 2.31 bits per heavy atom. The van der Waals surface area contributed by atoms with Crippen molar-refractivity contribution in [3.8, 4) is 0 Å². The van der Waals surface area contributed by atoms with Crippen LogP contribution in [0, 0.1) is 0 Å². The van der Waals surface area contributed by atoms with Crippen molar-refractivity contribution in [2.45, 2.75) is 12.5 Å². The molecule has 0 aromatic heterocycles. The highest BCUT2D eigenvalue weighted by molar-refractivity contribution is 7.89. The van der Waals surface area contributed by atoms with Gasteiger partial charge in [-0.2, -0.15) is 0 Å². The molecule has 1 rings (SSSR count). The maximum atomic E-state index is 11.0. The quantitative estimate of drug-likeness (QED) is 0.596. The maximum absolute atomic E-state index is 11.0. The lowest BCUT2D eigenvalue weighted by Gasteiger charge is -2.13. The Morgan fingerprint density at radius 1 is 1.62 bits per heavy atom. The number of likely N-dealkylation sites (tertiary alicyclic amines) is 1. The molecule has 1 fully saturated rings. The van der Waals surface area contributed by atoms with Crippen LogP contribution in [0.5, 0.6) is 0 Å². The first-order valence-electron chi connectivity index (χ1n) is 4.35. The predicted octanol–water partition coefficient (Wildman–Crippen LogP) is -1.40. The third-order valence-electron chi connectivity index (χ3n) is 2.23. The van der Waals surface area contributed by atoms with E-state index in [0.29, 0.717) is 13.1 Å². The van der Waals surface area contributed by atoms with Gasteiger partial charge in [0.2, 0.25) is 10.0 Å². The van der Waals surface area contributed by atoms with Crippen LogP contribution >= 0.6 is 0 Å². The normalized spacial score (nSPS) is 25.2. The Bertz CT molecular complexity index is 252. The van der Waals surface area contributed by atoms with Gasteiger partial charge in [-0.05, 0) is 13.5 Å². The van der Waals surface area contributed by atoms with Gasteiger partial charge in [0.15, 0.2) is 0 Å². The Labute approximate surface area is 78.8 Å². The molecule has 5 nitrogen and oxygen atoms in total. The van der Waals surface area contributed by atoms with Crippen LogP contribution in [0.15, 0.2) is 0 Å². The summed E-state index contributed by atoms with van der Waals surface area (Å²) in [6, 6.07) is 0. The summed E-state index contributed by atoms with van der Waals surface area (Å²) in [5.74, 6) is 0.107. The Kier molecular flexibility index (Phi) is 3.66. The largest absolute Gasteiger partial charge is 0.392 e. The van der Waals surface area contributed by atoms with Crippen molar-refractivity contribution in [3.63, 3.8) is 0 Å². The van der Waals surface area contributed by atoms with Crippen molar-refractivity contribution in [1.82, 2.24) is 9.62 Å². The van der Waals surface area contributed by atoms with Gasteiger partial charge in [-0.3, -0.25) is 4.90 Å². The lowest BCUT2D eigenvalue weighted by atomic mass is 10.3. The molecule has 0 amide bonds. The molecule has 1 saturated heterocycles. The van der Waals surface area contributed by atoms with Crippen molar-refractivity contribution in [1.29, 1.82) is 0 Å². The molecule has 0 saturated carbocycles. The third kappa shape index (κ3) is 3.60. The summed E-state index contributed by atoms with van der Waals surface area (Å²) in [7, 11) is -1.69. The number of nitrogens with one attached hydrogen (secondary N) is 1. The summed E-state index contributed by atoms with van der Waals surface area (Å²) in [6.07, 6.45) is 0.469. The minimum absolute atomic E-state index is 0.107. The van der Waals surface area contributed by atoms with Crippen molar-refractivity contribution < 1.29 is 13.5 Å². The summed E-state index contributed by atoms with van der Waals surface area (Å²) < 4.78 is 24.3. The molecule has 0 radical (unpaired) electrons. The van der Waals surface area contributed by atoms with E-state index in [1.165, 1.54) is 7.05 Å². The fourth-order valence-corrected chi connectivity index (χ4v) is 2.07. The van der Waals surface area contributed by atoms with Crippen molar-refractivity contribution in [2.24, 2.45) is 0 Å². The predicted molar refractivity (Wildman–Crippen MR) is 49.9 cm³/mol. The Morgan fingerprint density at radius 3 is 2.77 bits per heavy atom. The van der Waals surface area contributed by atoms with Crippen molar-refractivity contribution >= 4 is 10.0 Å². The zero-order valence-corrected chi connectivity index (χ0v) is 8.55. The smallest absolute Gasteiger partial charge is 0.212 e. The van der Waals surface area contributed by atoms with Gasteiger partial charge >= 0.3 is 0 Å². The SMILES string of the molecule is CNS(=O)(=O)CCN1CCC(O)C1. The lowest BCUT2D eigenvalue weighted by molar-refractivity contribution is 0.178. The first-order chi connectivity index (χ1) is 6.03. The van der Waals surface area contributed by atoms with Crippen LogP contribution in [-0.4, -0.2) is 57.0 Å². The van der Waals surface area contributed by atoms with E-state index in [2.05, 4.69) is 4.72 Å². The highest BCUT2D eigenvalue weighted by atomic mass is 32.2. The summed E-state index contributed by atoms with van der Waals surface area (Å²) in [5.41, 5.74) is 0. The van der Waals surface area contributed by atoms with Crippen molar-refractivity contribution in [2.75, 3.05) is 32.4 Å². The van der Waals surface area contributed by atoms with Gasteiger partial charge in [-0.25, -0.2) is 13.1 Å². The second kappa shape index (κ2) is 4.36. The first-order valence-corrected chi connectivity index (χ1v) is 6.00. The van der Waals surface area contributed by atoms with E-state index in [-0.39, 0.29) is 11.9 Å². The minimum Gasteiger partial charge on any atom is -0.392 e. The highest BCUT2D eigenvalue weighted by Gasteiger charge is 2.21. The molecule has 0 bridgehead atoms. The average Bonchev–Trinajstić information content (AvgIpc) is 2.48. The molecule has 0 aromatic carbocycles. The molecule has 1 aliphatic heterocycles. The van der Waals surface area contributed by atoms with Crippen molar-refractivity contribution in [3.05, 3.63) is 0 Å². The topological polar surface area (TPSA) is 69.6 Å². The minimum atomic E-state index is -3.10. The lowest BCUT2D eigenvalue weighted by Crippen LogP contribution is -2.32. The van der Waals surface area contributed by atoms with Crippen LogP contribution in [0.2, 0.25) is 0 Å². The molecule has 2 N–H and O–H groups in total. The van der Waals surface area contributed by atoms with Crippen LogP contribution in [0.3, 0.4) is 0 Å². The average molecular weight is 208 g/mol. The molecule has 6 heteroatoms. The Hall–Kier alpha value is -0.170. The number of aliphatic hydroxyl groups excluding tert-OH is 1. The van der Waals surface area contributed by atoms with Crippen LogP contribution in [0.25, 0.3) is 0 Å². The molecule has 0 spiro atoms. The molecule has 1 heterocycles. The second-order valence-electron chi connectivity index (χ2n) is 3.27. The van der Waals surface area contributed by atoms with Gasteiger partial charge in [0.05, 0.1) is 11.9 Å². The number of β-amino-alcohol motifs (C(OH)–C–C–N with tert-alkyl or cyclic N) is 1. The number of hydrogen-bond acceptors (Lipinski definition) is 4. The Balaban J connectivity index is 2.27. The van der Waals surface area contributed by atoms with Gasteiger partial charge in [0, 0.05) is 19.6 Å². The molecule has 78 valence electrons. The molecule has 0 aromatic rings. The maximum Gasteiger partial charge on any atom is 0.212 e. The molecule has 1 unspecified atom stereocenters. The van der Waals surface area contributed by atoms with E-state index in [1.54, 1.807) is 0 Å².